The van der Waals surface area contributed by atoms with Crippen LogP contribution in [0.3, 0.4) is 0 Å². The van der Waals surface area contributed by atoms with E-state index in [1.807, 2.05) is 30.5 Å². The van der Waals surface area contributed by atoms with E-state index < -0.39 is 6.10 Å². The van der Waals surface area contributed by atoms with Gasteiger partial charge in [-0.3, -0.25) is 4.90 Å². The summed E-state index contributed by atoms with van der Waals surface area (Å²) in [7, 11) is 0. The van der Waals surface area contributed by atoms with Crippen molar-refractivity contribution in [1.82, 2.24) is 9.88 Å². The number of rotatable bonds is 6. The summed E-state index contributed by atoms with van der Waals surface area (Å²) in [5.41, 5.74) is 3.55. The Balaban J connectivity index is 1.45. The van der Waals surface area contributed by atoms with Crippen molar-refractivity contribution in [2.45, 2.75) is 26.9 Å². The highest BCUT2D eigenvalue weighted by Gasteiger charge is 2.20. The molecule has 1 saturated heterocycles. The van der Waals surface area contributed by atoms with Gasteiger partial charge in [-0.05, 0) is 55.7 Å². The molecule has 0 amide bonds. The van der Waals surface area contributed by atoms with Crippen LogP contribution in [0, 0.1) is 20.8 Å². The molecule has 2 aromatic rings. The van der Waals surface area contributed by atoms with E-state index in [4.69, 9.17) is 4.74 Å². The van der Waals surface area contributed by atoms with Crippen molar-refractivity contribution >= 4 is 5.82 Å². The molecule has 0 aliphatic carbocycles. The fraction of sp³-hybridized carbons (Fsp3) is 0.476. The summed E-state index contributed by atoms with van der Waals surface area (Å²) in [5, 5.41) is 10.4. The summed E-state index contributed by atoms with van der Waals surface area (Å²) in [6.45, 7) is 10.9. The molecular weight excluding hydrogens is 326 g/mol. The Kier molecular flexibility index (Phi) is 6.12. The zero-order valence-electron chi connectivity index (χ0n) is 16.0. The lowest BCUT2D eigenvalue weighted by Crippen LogP contribution is -2.49. The Morgan fingerprint density at radius 3 is 2.58 bits per heavy atom. The number of nitrogens with zero attached hydrogens (tertiary/aromatic N) is 3. The predicted octanol–water partition coefficient (Wildman–Crippen LogP) is 2.57. The topological polar surface area (TPSA) is 48.8 Å². The molecule has 0 spiro atoms. The van der Waals surface area contributed by atoms with Crippen molar-refractivity contribution in [3.05, 3.63) is 53.2 Å². The largest absolute Gasteiger partial charge is 0.491 e. The average Bonchev–Trinajstić information content (AvgIpc) is 2.65. The van der Waals surface area contributed by atoms with Crippen LogP contribution in [0.1, 0.15) is 16.7 Å². The van der Waals surface area contributed by atoms with Gasteiger partial charge < -0.3 is 14.7 Å². The molecule has 1 aliphatic heterocycles. The smallest absolute Gasteiger partial charge is 0.128 e. The van der Waals surface area contributed by atoms with E-state index in [1.165, 1.54) is 11.1 Å². The SMILES string of the molecule is Cc1cc(C)c(C)c(OC[C@H](O)CN2CCN(c3ccccn3)CC2)c1. The number of anilines is 1. The molecule has 1 aliphatic rings. The minimum absolute atomic E-state index is 0.324. The fourth-order valence-corrected chi connectivity index (χ4v) is 3.39. The zero-order valence-corrected chi connectivity index (χ0v) is 16.0. The summed E-state index contributed by atoms with van der Waals surface area (Å²) in [5.74, 6) is 1.91. The first kappa shape index (κ1) is 18.7. The lowest BCUT2D eigenvalue weighted by atomic mass is 10.1. The van der Waals surface area contributed by atoms with Crippen LogP contribution < -0.4 is 9.64 Å². The van der Waals surface area contributed by atoms with Gasteiger partial charge in [-0.1, -0.05) is 12.1 Å². The number of aliphatic hydroxyl groups excluding tert-OH is 1. The molecule has 3 rings (SSSR count). The Morgan fingerprint density at radius 1 is 1.12 bits per heavy atom. The second-order valence-electron chi connectivity index (χ2n) is 7.15. The maximum atomic E-state index is 10.4. The highest BCUT2D eigenvalue weighted by molar-refractivity contribution is 5.42. The Morgan fingerprint density at radius 2 is 1.88 bits per heavy atom. The number of hydrogen-bond donors (Lipinski definition) is 1. The summed E-state index contributed by atoms with van der Waals surface area (Å²) >= 11 is 0. The number of hydrogen-bond acceptors (Lipinski definition) is 5. The van der Waals surface area contributed by atoms with Gasteiger partial charge in [-0.15, -0.1) is 0 Å². The first-order valence-corrected chi connectivity index (χ1v) is 9.30. The van der Waals surface area contributed by atoms with E-state index in [1.54, 1.807) is 0 Å². The predicted molar refractivity (Wildman–Crippen MR) is 105 cm³/mol. The molecule has 1 atom stereocenters. The minimum Gasteiger partial charge on any atom is -0.491 e. The van der Waals surface area contributed by atoms with Crippen molar-refractivity contribution in [2.75, 3.05) is 44.2 Å². The van der Waals surface area contributed by atoms with Crippen LogP contribution in [0.4, 0.5) is 5.82 Å². The van der Waals surface area contributed by atoms with Gasteiger partial charge in [0.05, 0.1) is 0 Å². The monoisotopic (exact) mass is 355 g/mol. The van der Waals surface area contributed by atoms with Crippen molar-refractivity contribution in [2.24, 2.45) is 0 Å². The first-order chi connectivity index (χ1) is 12.5. The van der Waals surface area contributed by atoms with Crippen LogP contribution >= 0.6 is 0 Å². The third kappa shape index (κ3) is 4.74. The molecule has 0 unspecified atom stereocenters. The Labute approximate surface area is 156 Å². The summed E-state index contributed by atoms with van der Waals surface area (Å²) < 4.78 is 5.90. The van der Waals surface area contributed by atoms with Crippen LogP contribution in [-0.2, 0) is 0 Å². The van der Waals surface area contributed by atoms with Crippen molar-refractivity contribution < 1.29 is 9.84 Å². The highest BCUT2D eigenvalue weighted by Crippen LogP contribution is 2.23. The van der Waals surface area contributed by atoms with E-state index in [0.717, 1.165) is 43.3 Å². The molecule has 140 valence electrons. The first-order valence-electron chi connectivity index (χ1n) is 9.30. The number of aryl methyl sites for hydroxylation is 2. The fourth-order valence-electron chi connectivity index (χ4n) is 3.39. The molecule has 5 heteroatoms. The van der Waals surface area contributed by atoms with Gasteiger partial charge in [0.15, 0.2) is 0 Å². The zero-order chi connectivity index (χ0) is 18.5. The number of β-amino-alcohol motifs (C(OH)–C–C–N with tert-alkyl or cyclic N) is 1. The number of piperazine rings is 1. The molecule has 26 heavy (non-hydrogen) atoms. The van der Waals surface area contributed by atoms with Gasteiger partial charge in [0, 0.05) is 38.9 Å². The van der Waals surface area contributed by atoms with Crippen LogP contribution in [-0.4, -0.2) is 60.4 Å². The second-order valence-corrected chi connectivity index (χ2v) is 7.15. The van der Waals surface area contributed by atoms with Gasteiger partial charge in [0.2, 0.25) is 0 Å². The van der Waals surface area contributed by atoms with Crippen LogP contribution in [0.2, 0.25) is 0 Å². The van der Waals surface area contributed by atoms with Gasteiger partial charge in [-0.2, -0.15) is 0 Å². The molecule has 5 nitrogen and oxygen atoms in total. The lowest BCUT2D eigenvalue weighted by molar-refractivity contribution is 0.0660. The molecule has 0 bridgehead atoms. The van der Waals surface area contributed by atoms with E-state index in [-0.39, 0.29) is 0 Å². The van der Waals surface area contributed by atoms with E-state index in [9.17, 15) is 5.11 Å². The van der Waals surface area contributed by atoms with Crippen molar-refractivity contribution in [3.63, 3.8) is 0 Å². The number of pyridine rings is 1. The number of ether oxygens (including phenoxy) is 1. The van der Waals surface area contributed by atoms with Gasteiger partial charge >= 0.3 is 0 Å². The molecule has 1 aromatic carbocycles. The summed E-state index contributed by atoms with van der Waals surface area (Å²) in [4.78, 5) is 9.00. The second kappa shape index (κ2) is 8.52. The molecule has 1 aromatic heterocycles. The number of aromatic nitrogens is 1. The lowest BCUT2D eigenvalue weighted by Gasteiger charge is -2.36. The van der Waals surface area contributed by atoms with Crippen molar-refractivity contribution in [1.29, 1.82) is 0 Å². The Bertz CT molecular complexity index is 713. The quantitative estimate of drug-likeness (QED) is 0.863. The molecule has 0 saturated carbocycles. The van der Waals surface area contributed by atoms with Crippen LogP contribution in [0.15, 0.2) is 36.5 Å². The summed E-state index contributed by atoms with van der Waals surface area (Å²) in [6, 6.07) is 10.2. The molecule has 0 radical (unpaired) electrons. The normalized spacial score (nSPS) is 16.5. The van der Waals surface area contributed by atoms with E-state index >= 15 is 0 Å². The molecule has 1 N–H and O–H groups in total. The minimum atomic E-state index is -0.489. The van der Waals surface area contributed by atoms with Crippen LogP contribution in [0.25, 0.3) is 0 Å². The third-order valence-electron chi connectivity index (χ3n) is 5.01. The van der Waals surface area contributed by atoms with Gasteiger partial charge in [0.1, 0.15) is 24.3 Å². The maximum Gasteiger partial charge on any atom is 0.128 e. The van der Waals surface area contributed by atoms with Gasteiger partial charge in [-0.25, -0.2) is 4.98 Å². The maximum absolute atomic E-state index is 10.4. The highest BCUT2D eigenvalue weighted by atomic mass is 16.5. The average molecular weight is 355 g/mol. The van der Waals surface area contributed by atoms with E-state index in [2.05, 4.69) is 41.6 Å². The molecule has 1 fully saturated rings. The Hall–Kier alpha value is -2.11. The standard InChI is InChI=1S/C21H29N3O2/c1-16-12-17(2)18(3)20(13-16)26-15-19(25)14-23-8-10-24(11-9-23)21-6-4-5-7-22-21/h4-7,12-13,19,25H,8-11,14-15H2,1-3H3/t19-/m1/s1. The summed E-state index contributed by atoms with van der Waals surface area (Å²) in [6.07, 6.45) is 1.34. The number of benzene rings is 1. The molecular formula is C21H29N3O2. The van der Waals surface area contributed by atoms with Crippen molar-refractivity contribution in [3.8, 4) is 5.75 Å². The number of aliphatic hydroxyl groups is 1. The van der Waals surface area contributed by atoms with Crippen LogP contribution in [0.5, 0.6) is 5.75 Å². The third-order valence-corrected chi connectivity index (χ3v) is 5.01. The van der Waals surface area contributed by atoms with E-state index in [0.29, 0.717) is 13.2 Å². The van der Waals surface area contributed by atoms with Gasteiger partial charge in [0.25, 0.3) is 0 Å². The molecule has 2 heterocycles.